The molecule has 0 bridgehead atoms. The largest absolute Gasteiger partial charge is 0.380 e. The van der Waals surface area contributed by atoms with Crippen molar-refractivity contribution in [3.63, 3.8) is 0 Å². The molecule has 0 unspecified atom stereocenters. The molecule has 0 atom stereocenters. The third-order valence-electron chi connectivity index (χ3n) is 19.2. The third-order valence-corrected chi connectivity index (χ3v) is 27.7. The molecule has 0 amide bonds. The lowest BCUT2D eigenvalue weighted by Crippen LogP contribution is -2.49. The molecule has 0 saturated heterocycles. The lowest BCUT2D eigenvalue weighted by molar-refractivity contribution is -0.254. The summed E-state index contributed by atoms with van der Waals surface area (Å²) in [6.07, 6.45) is 1.02. The summed E-state index contributed by atoms with van der Waals surface area (Å²) in [5, 5.41) is 2.83. The van der Waals surface area contributed by atoms with Crippen molar-refractivity contribution in [1.29, 1.82) is 0 Å². The topological polar surface area (TPSA) is 0 Å². The molecule has 0 saturated carbocycles. The Balaban J connectivity index is 0.000000177. The van der Waals surface area contributed by atoms with Crippen molar-refractivity contribution in [2.24, 2.45) is 0 Å². The van der Waals surface area contributed by atoms with Crippen LogP contribution in [0.5, 0.6) is 0 Å². The van der Waals surface area contributed by atoms with Crippen LogP contribution in [0.4, 0.5) is 105 Å². The minimum Gasteiger partial charge on any atom is -0.194 e. The quantitative estimate of drug-likeness (QED) is 0.120. The molecule has 0 aromatic carbocycles. The summed E-state index contributed by atoms with van der Waals surface area (Å²) in [7, 11) is 0. The minimum absolute atomic E-state index is 0. The van der Waals surface area contributed by atoms with E-state index in [0.717, 1.165) is 77.8 Å². The maximum atomic E-state index is 15.0. The van der Waals surface area contributed by atoms with E-state index < -0.39 is 116 Å². The van der Waals surface area contributed by atoms with Gasteiger partial charge in [-0.1, -0.05) is 13.8 Å². The molecule has 0 fully saturated rings. The molecule has 4 aliphatic carbocycles. The van der Waals surface area contributed by atoms with Gasteiger partial charge in [0.1, 0.15) is 0 Å². The zero-order valence-corrected chi connectivity index (χ0v) is 64.7. The lowest BCUT2D eigenvalue weighted by atomic mass is 9.90. The third kappa shape index (κ3) is 11.8. The predicted molar refractivity (Wildman–Crippen MR) is 378 cm³/mol. The smallest absolute Gasteiger partial charge is 0.194 e. The predicted octanol–water partition coefficient (Wildman–Crippen LogP) is 28.9. The van der Waals surface area contributed by atoms with E-state index >= 15 is 17.6 Å². The maximum Gasteiger partial charge on any atom is 0.380 e. The van der Waals surface area contributed by atoms with Crippen molar-refractivity contribution < 1.29 is 107 Å². The van der Waals surface area contributed by atoms with Gasteiger partial charge in [-0.25, -0.2) is 0 Å². The van der Waals surface area contributed by atoms with Crippen molar-refractivity contribution in [2.45, 2.75) is 209 Å². The van der Waals surface area contributed by atoms with Gasteiger partial charge in [-0.05, 0) is 203 Å². The molecule has 8 aromatic rings. The van der Waals surface area contributed by atoms with E-state index in [-0.39, 0.29) is 45.9 Å². The zero-order valence-electron chi connectivity index (χ0n) is 58.2. The molecule has 0 aliphatic heterocycles. The average molecular weight is 1640 g/mol. The molecule has 0 radical (unpaired) electrons. The Morgan fingerprint density at radius 1 is 0.250 bits per heavy atom. The molecule has 570 valence electrons. The fourth-order valence-corrected chi connectivity index (χ4v) is 21.5. The van der Waals surface area contributed by atoms with Crippen LogP contribution < -0.4 is 0 Å². The van der Waals surface area contributed by atoms with Crippen LogP contribution in [0.3, 0.4) is 0 Å². The van der Waals surface area contributed by atoms with Crippen LogP contribution in [-0.2, 0) is 12.8 Å². The van der Waals surface area contributed by atoms with Gasteiger partial charge in [-0.15, -0.1) is 90.7 Å². The highest BCUT2D eigenvalue weighted by Gasteiger charge is 2.84. The van der Waals surface area contributed by atoms with Gasteiger partial charge in [0.15, 0.2) is 0 Å². The summed E-state index contributed by atoms with van der Waals surface area (Å²) in [6, 6.07) is 4.91. The van der Waals surface area contributed by atoms with Crippen molar-refractivity contribution in [3.8, 4) is 0 Å². The van der Waals surface area contributed by atoms with Crippen LogP contribution in [0.25, 0.3) is 44.6 Å². The summed E-state index contributed by atoms with van der Waals surface area (Å²) < 4.78 is 349. The van der Waals surface area contributed by atoms with Crippen LogP contribution in [0, 0.1) is 111 Å². The number of allylic oxidation sites excluding steroid dienone is 8. The first kappa shape index (κ1) is 82.9. The van der Waals surface area contributed by atoms with Gasteiger partial charge in [-0.3, -0.25) is 0 Å². The molecular weight excluding hydrogens is 1580 g/mol. The van der Waals surface area contributed by atoms with Gasteiger partial charge in [0.05, 0.1) is 0 Å². The van der Waals surface area contributed by atoms with Crippen LogP contribution in [0.15, 0.2) is 35.0 Å². The van der Waals surface area contributed by atoms with Gasteiger partial charge in [0.25, 0.3) is 0 Å². The van der Waals surface area contributed by atoms with E-state index in [2.05, 4.69) is 0 Å². The monoisotopic (exact) mass is 1640 g/mol. The molecule has 12 rings (SSSR count). The lowest BCUT2D eigenvalue weighted by Gasteiger charge is -2.26. The van der Waals surface area contributed by atoms with Gasteiger partial charge < -0.3 is 0 Å². The Labute approximate surface area is 616 Å². The average Bonchev–Trinajstić information content (AvgIpc) is 1.54. The second kappa shape index (κ2) is 26.9. The Bertz CT molecular complexity index is 4580. The summed E-state index contributed by atoms with van der Waals surface area (Å²) in [5.41, 5.74) is -10.2. The van der Waals surface area contributed by atoms with E-state index in [0.29, 0.717) is 93.6 Å². The first-order chi connectivity index (χ1) is 47.3. The molecule has 0 spiro atoms. The van der Waals surface area contributed by atoms with E-state index in [1.54, 1.807) is 27.7 Å². The fraction of sp³-hybridized carbons (Fsp3) is 0.444. The highest BCUT2D eigenvalue weighted by molar-refractivity contribution is 7.14. The Morgan fingerprint density at radius 2 is 0.471 bits per heavy atom. The zero-order chi connectivity index (χ0) is 78.9. The second-order valence-corrected chi connectivity index (χ2v) is 36.3. The normalized spacial score (nSPS) is 20.9. The standard InChI is InChI=1S/C21H22F6S2.C19H18F6S2.C17H14F6S2.C15H10F6S2.H2/c1-7-13-9(3)15(11(5)28-13)17-18(16-10(4)14(8-2)29-12(16)6)20(24,25)21(26,27)19(17,22)23;1-7-9(3)26-11(5)13(7)15-16(14-8(2)10(4)27-12(14)6)18(22,23)19(24,25)17(15,20)21;1-7-5-11(9(3)24-7)13-14(12-6-8(2)25-10(12)4)16(20,21)17(22,23)15(13,18)19;1-7-9(3-5-22-7)11-12(10-4-6-23-8(10)2)14(18,19)15(20,21)13(11,16)17;/h7-8H2,1-6H3;1-6H3;5-6H,1-4H3;3-6H,1-2H3;1H. The first-order valence-corrected chi connectivity index (χ1v) is 38.0. The summed E-state index contributed by atoms with van der Waals surface area (Å²) in [6.45, 7) is 28.1. The van der Waals surface area contributed by atoms with E-state index in [1.165, 1.54) is 141 Å². The second-order valence-electron chi connectivity index (χ2n) is 25.6. The van der Waals surface area contributed by atoms with Crippen LogP contribution in [0.1, 0.15) is 150 Å². The van der Waals surface area contributed by atoms with Gasteiger partial charge >= 0.3 is 71.1 Å². The summed E-state index contributed by atoms with van der Waals surface area (Å²) >= 11 is 8.96. The Morgan fingerprint density at radius 3 is 0.654 bits per heavy atom. The SMILES string of the molecule is CCc1sc(C)c(C2=C(c3c(C)sc(CC)c3C)C(F)(F)C(F)(F)C2(F)F)c1C.Cc1cc(C2=C(c3cc(C)sc3C)C(F)(F)C(F)(F)C2(F)F)c(C)s1.Cc1sc(C)c(C2=C(c3c(C)sc(C)c3C)C(F)(F)C(F)(F)C2(F)F)c1C.Cc1sccc1C1=C(c2ccsc2C)C(F)(F)C(F)(F)C1(F)F.[HH]. The van der Waals surface area contributed by atoms with Gasteiger partial charge in [-0.2, -0.15) is 105 Å². The van der Waals surface area contributed by atoms with Crippen molar-refractivity contribution in [1.82, 2.24) is 0 Å². The van der Waals surface area contributed by atoms with Gasteiger partial charge in [0, 0.05) is 137 Å². The Hall–Kier alpha value is -5.12. The van der Waals surface area contributed by atoms with Crippen LogP contribution >= 0.6 is 90.7 Å². The minimum atomic E-state index is -5.51. The van der Waals surface area contributed by atoms with Crippen molar-refractivity contribution >= 4 is 135 Å². The molecule has 0 N–H and O–H groups in total. The first-order valence-electron chi connectivity index (χ1n) is 31.4. The van der Waals surface area contributed by atoms with Crippen molar-refractivity contribution in [2.75, 3.05) is 0 Å². The maximum absolute atomic E-state index is 15.0. The molecule has 104 heavy (non-hydrogen) atoms. The van der Waals surface area contributed by atoms with E-state index in [4.69, 9.17) is 0 Å². The number of hydrogen-bond acceptors (Lipinski definition) is 8. The van der Waals surface area contributed by atoms with Gasteiger partial charge in [0.2, 0.25) is 0 Å². The van der Waals surface area contributed by atoms with Crippen molar-refractivity contribution in [3.05, 3.63) is 170 Å². The van der Waals surface area contributed by atoms with E-state index in [9.17, 15) is 87.8 Å². The highest BCUT2D eigenvalue weighted by atomic mass is 32.1. The van der Waals surface area contributed by atoms with Crippen LogP contribution in [-0.4, -0.2) is 71.1 Å². The molecule has 4 aliphatic rings. The highest BCUT2D eigenvalue weighted by Crippen LogP contribution is 2.71. The molecule has 0 nitrogen and oxygen atoms in total. The summed E-state index contributed by atoms with van der Waals surface area (Å²) in [4.78, 5) is 6.46. The number of aryl methyl sites for hydroxylation is 14. The molecule has 8 heterocycles. The summed E-state index contributed by atoms with van der Waals surface area (Å²) in [5.74, 6) is -61.8. The molecule has 32 heteroatoms. The number of rotatable bonds is 10. The number of hydrogen-bond donors (Lipinski definition) is 0. The molecular formula is C72H66F24S8. The van der Waals surface area contributed by atoms with Crippen LogP contribution in [0.2, 0.25) is 0 Å². The number of alkyl halides is 24. The Kier molecular flexibility index (Phi) is 21.4. The fourth-order valence-electron chi connectivity index (χ4n) is 13.8. The number of halogens is 24. The van der Waals surface area contributed by atoms with E-state index in [1.807, 2.05) is 13.8 Å². The number of thiophene rings is 8. The molecule has 8 aromatic heterocycles.